The van der Waals surface area contributed by atoms with E-state index in [1.165, 1.54) is 42.1 Å². The van der Waals surface area contributed by atoms with Gasteiger partial charge in [-0.2, -0.15) is 0 Å². The molecule has 2 atom stereocenters. The molecule has 0 unspecified atom stereocenters. The van der Waals surface area contributed by atoms with Crippen LogP contribution in [0.3, 0.4) is 0 Å². The van der Waals surface area contributed by atoms with Crippen molar-refractivity contribution in [3.63, 3.8) is 0 Å². The molecule has 3 heterocycles. The average molecular weight is 604 g/mol. The Labute approximate surface area is 241 Å². The maximum atomic E-state index is 13.3. The Morgan fingerprint density at radius 1 is 1.27 bits per heavy atom. The molecule has 18 heteroatoms. The lowest BCUT2D eigenvalue weighted by molar-refractivity contribution is -0.150. The van der Waals surface area contributed by atoms with E-state index in [-0.39, 0.29) is 17.2 Å². The zero-order chi connectivity index (χ0) is 29.9. The number of aryl methyl sites for hydroxylation is 1. The second kappa shape index (κ2) is 12.0. The molecule has 0 spiro atoms. The summed E-state index contributed by atoms with van der Waals surface area (Å²) >= 11 is 2.54. The first-order chi connectivity index (χ1) is 19.4. The van der Waals surface area contributed by atoms with Crippen LogP contribution in [0.2, 0.25) is 0 Å². The summed E-state index contributed by atoms with van der Waals surface area (Å²) in [6, 6.07) is 6.03. The Hall–Kier alpha value is -4.45. The molecule has 216 valence electrons. The van der Waals surface area contributed by atoms with E-state index in [4.69, 9.17) is 10.6 Å². The van der Waals surface area contributed by atoms with Gasteiger partial charge < -0.3 is 21.0 Å². The summed E-state index contributed by atoms with van der Waals surface area (Å²) in [5.41, 5.74) is 3.75. The number of oxime groups is 1. The van der Waals surface area contributed by atoms with Crippen molar-refractivity contribution in [1.82, 2.24) is 35.7 Å². The minimum atomic E-state index is -1.69. The quantitative estimate of drug-likeness (QED) is 0.116. The zero-order valence-electron chi connectivity index (χ0n) is 21.9. The smallest absolute Gasteiger partial charge is 0.352 e. The van der Waals surface area contributed by atoms with Crippen LogP contribution in [-0.2, 0) is 31.1 Å². The Bertz CT molecular complexity index is 1460. The van der Waals surface area contributed by atoms with Gasteiger partial charge in [-0.25, -0.2) is 14.3 Å². The number of hydrogen-bond donors (Lipinski definition) is 4. The first kappa shape index (κ1) is 29.5. The van der Waals surface area contributed by atoms with E-state index in [9.17, 15) is 29.1 Å². The van der Waals surface area contributed by atoms with E-state index in [2.05, 4.69) is 26.0 Å². The number of amides is 5. The maximum absolute atomic E-state index is 13.3. The van der Waals surface area contributed by atoms with Crippen molar-refractivity contribution < 1.29 is 33.9 Å². The lowest BCUT2D eigenvalue weighted by Crippen LogP contribution is -2.71. The Morgan fingerprint density at radius 2 is 1.98 bits per heavy atom. The highest BCUT2D eigenvalue weighted by molar-refractivity contribution is 8.01. The molecule has 2 aliphatic rings. The van der Waals surface area contributed by atoms with Crippen LogP contribution in [0.5, 0.6) is 0 Å². The van der Waals surface area contributed by atoms with Gasteiger partial charge in [-0.15, -0.1) is 16.9 Å². The number of hydrogen-bond acceptors (Lipinski definition) is 12. The highest BCUT2D eigenvalue weighted by atomic mass is 32.2. The van der Waals surface area contributed by atoms with Gasteiger partial charge in [0.2, 0.25) is 10.8 Å². The summed E-state index contributed by atoms with van der Waals surface area (Å²) < 4.78 is 1.45. The lowest BCUT2D eigenvalue weighted by Gasteiger charge is -2.49. The monoisotopic (exact) mass is 603 g/mol. The molecule has 16 nitrogen and oxygen atoms in total. The van der Waals surface area contributed by atoms with Crippen molar-refractivity contribution in [3.05, 3.63) is 47.2 Å². The number of nitrogens with two attached hydrogens (primary N) is 1. The predicted octanol–water partition coefficient (Wildman–Crippen LogP) is -0.565. The number of nitrogens with one attached hydrogen (secondary N) is 2. The average Bonchev–Trinajstić information content (AvgIpc) is 3.34. The fraction of sp³-hybridized carbons (Fsp3) is 0.348. The molecule has 4 rings (SSSR count). The Morgan fingerprint density at radius 3 is 2.59 bits per heavy atom. The number of thioether (sulfide) groups is 2. The molecule has 5 amide bonds. The Kier molecular flexibility index (Phi) is 8.62. The minimum absolute atomic E-state index is 0.144. The molecule has 1 fully saturated rings. The number of carbonyl (C=O) groups is 5. The molecule has 41 heavy (non-hydrogen) atoms. The molecular weight excluding hydrogens is 578 g/mol. The molecule has 0 saturated carbocycles. The number of primary amides is 1. The molecule has 2 aromatic rings. The fourth-order valence-electron chi connectivity index (χ4n) is 3.78. The molecule has 0 radical (unpaired) electrons. The van der Waals surface area contributed by atoms with Crippen molar-refractivity contribution >= 4 is 59.0 Å². The van der Waals surface area contributed by atoms with Gasteiger partial charge >= 0.3 is 12.0 Å². The second-order valence-electron chi connectivity index (χ2n) is 9.22. The van der Waals surface area contributed by atoms with Gasteiger partial charge in [0.1, 0.15) is 17.1 Å². The summed E-state index contributed by atoms with van der Waals surface area (Å²) in [4.78, 5) is 68.4. The number of carboxylic acid groups (broad SMARTS) is 1. The van der Waals surface area contributed by atoms with Crippen LogP contribution in [0.25, 0.3) is 0 Å². The number of imide groups is 1. The topological polar surface area (TPSA) is 224 Å². The largest absolute Gasteiger partial charge is 0.477 e. The van der Waals surface area contributed by atoms with Crippen LogP contribution in [0.1, 0.15) is 19.4 Å². The van der Waals surface area contributed by atoms with Crippen molar-refractivity contribution in [1.29, 1.82) is 0 Å². The van der Waals surface area contributed by atoms with Gasteiger partial charge in [0.15, 0.2) is 5.71 Å². The van der Waals surface area contributed by atoms with Gasteiger partial charge in [-0.05, 0) is 29.8 Å². The summed E-state index contributed by atoms with van der Waals surface area (Å²) in [6.45, 7) is 2.63. The number of tetrazole rings is 1. The number of nitrogens with zero attached hydrogens (tertiary/aromatic N) is 6. The van der Waals surface area contributed by atoms with Crippen molar-refractivity contribution in [3.8, 4) is 0 Å². The van der Waals surface area contributed by atoms with Crippen LogP contribution in [0, 0.1) is 0 Å². The standard InChI is InChI=1S/C23H25N9O7S2/c1-23(2,20(37)26-21(24)38)39-28-13(11-7-5-4-6-8-11)16(33)25-14-17(34)32-15(19(35)36)12(9-40-18(14)32)10-41-22-27-29-30-31(22)3/h4-8,14,18H,9-10H2,1-3H3,(H,25,33)(H,35,36)(H3,24,26,37,38)/b28-13-/t14-,18-/m1/s1. The second-order valence-corrected chi connectivity index (χ2v) is 11.3. The number of fused-ring (bicyclic) bond motifs is 1. The first-order valence-electron chi connectivity index (χ1n) is 11.9. The van der Waals surface area contributed by atoms with E-state index in [1.54, 1.807) is 37.4 Å². The van der Waals surface area contributed by atoms with Crippen LogP contribution >= 0.6 is 23.5 Å². The number of aromatic nitrogens is 4. The third-order valence-corrected chi connectivity index (χ3v) is 8.34. The minimum Gasteiger partial charge on any atom is -0.477 e. The molecular formula is C23H25N9O7S2. The van der Waals surface area contributed by atoms with E-state index in [0.29, 0.717) is 22.0 Å². The van der Waals surface area contributed by atoms with Crippen molar-refractivity contribution in [2.75, 3.05) is 11.5 Å². The third kappa shape index (κ3) is 6.32. The SMILES string of the molecule is Cn1nnnc1SCC1=C(C(=O)O)N2C(=O)[C@@H](NC(=O)/C(=N\OC(C)(C)C(=O)NC(N)=O)c3ccccc3)[C@H]2SC1. The molecule has 0 aliphatic carbocycles. The summed E-state index contributed by atoms with van der Waals surface area (Å²) in [5.74, 6) is -3.01. The van der Waals surface area contributed by atoms with E-state index < -0.39 is 46.7 Å². The van der Waals surface area contributed by atoms with Gasteiger partial charge in [-0.3, -0.25) is 24.6 Å². The summed E-state index contributed by atoms with van der Waals surface area (Å²) in [5, 5.41) is 29.3. The number of urea groups is 1. The maximum Gasteiger partial charge on any atom is 0.352 e. The van der Waals surface area contributed by atoms with E-state index in [1.807, 2.05) is 5.32 Å². The summed E-state index contributed by atoms with van der Waals surface area (Å²) in [7, 11) is 1.65. The van der Waals surface area contributed by atoms with Gasteiger partial charge in [0.05, 0.1) is 0 Å². The fourth-order valence-corrected chi connectivity index (χ4v) is 6.12. The van der Waals surface area contributed by atoms with Gasteiger partial charge in [0, 0.05) is 24.1 Å². The first-order valence-corrected chi connectivity index (χ1v) is 13.9. The molecule has 0 bridgehead atoms. The number of aliphatic carboxylic acids is 1. The highest BCUT2D eigenvalue weighted by Crippen LogP contribution is 2.41. The van der Waals surface area contributed by atoms with Crippen LogP contribution in [0.15, 0.2) is 51.9 Å². The van der Waals surface area contributed by atoms with E-state index >= 15 is 0 Å². The van der Waals surface area contributed by atoms with Gasteiger partial charge in [-0.1, -0.05) is 47.2 Å². The molecule has 5 N–H and O–H groups in total. The normalized spacial score (nSPS) is 18.8. The molecule has 1 aromatic heterocycles. The lowest BCUT2D eigenvalue weighted by atomic mass is 10.0. The molecule has 2 aliphatic heterocycles. The number of carbonyl (C=O) groups excluding carboxylic acids is 4. The Balaban J connectivity index is 1.52. The predicted molar refractivity (Wildman–Crippen MR) is 145 cm³/mol. The molecule has 1 saturated heterocycles. The number of carboxylic acids is 1. The van der Waals surface area contributed by atoms with Gasteiger partial charge in [0.25, 0.3) is 17.7 Å². The van der Waals surface area contributed by atoms with Crippen LogP contribution in [0.4, 0.5) is 4.79 Å². The highest BCUT2D eigenvalue weighted by Gasteiger charge is 2.54. The van der Waals surface area contributed by atoms with Crippen molar-refractivity contribution in [2.45, 2.75) is 36.0 Å². The zero-order valence-corrected chi connectivity index (χ0v) is 23.6. The van der Waals surface area contributed by atoms with E-state index in [0.717, 1.165) is 4.90 Å². The summed E-state index contributed by atoms with van der Waals surface area (Å²) in [6.07, 6.45) is 0. The molecule has 1 aromatic carbocycles. The van der Waals surface area contributed by atoms with Crippen molar-refractivity contribution in [2.24, 2.45) is 17.9 Å². The van der Waals surface area contributed by atoms with Crippen LogP contribution < -0.4 is 16.4 Å². The third-order valence-electron chi connectivity index (χ3n) is 5.90. The number of benzene rings is 1. The van der Waals surface area contributed by atoms with Crippen LogP contribution in [-0.4, -0.2) is 94.2 Å². The number of β-lactam (4-membered cyclic amide) rings is 1. The number of rotatable bonds is 10.